The fourth-order valence-corrected chi connectivity index (χ4v) is 5.42. The first kappa shape index (κ1) is 25.3. The van der Waals surface area contributed by atoms with Crippen molar-refractivity contribution in [3.05, 3.63) is 131 Å². The van der Waals surface area contributed by atoms with E-state index in [9.17, 15) is 4.39 Å². The average molecular weight is 601 g/mol. The predicted molar refractivity (Wildman–Crippen MR) is 157 cm³/mol. The molecule has 0 aliphatic carbocycles. The fourth-order valence-electron chi connectivity index (χ4n) is 4.74. The van der Waals surface area contributed by atoms with E-state index in [4.69, 9.17) is 21.4 Å². The van der Waals surface area contributed by atoms with Crippen LogP contribution in [-0.2, 0) is 0 Å². The average Bonchev–Trinajstić information content (AvgIpc) is 3.55. The van der Waals surface area contributed by atoms with Crippen molar-refractivity contribution < 1.29 is 13.5 Å². The number of nitrogens with one attached hydrogen (secondary N) is 1. The van der Waals surface area contributed by atoms with E-state index >= 15 is 0 Å². The highest BCUT2D eigenvalue weighted by Gasteiger charge is 2.42. The van der Waals surface area contributed by atoms with Crippen LogP contribution in [0.15, 0.2) is 112 Å². The number of hydrogen-bond acceptors (Lipinski definition) is 4. The van der Waals surface area contributed by atoms with Gasteiger partial charge < -0.3 is 19.4 Å². The van der Waals surface area contributed by atoms with Crippen molar-refractivity contribution in [3.63, 3.8) is 0 Å². The number of para-hydroxylation sites is 1. The zero-order valence-electron chi connectivity index (χ0n) is 20.8. The van der Waals surface area contributed by atoms with E-state index in [0.717, 1.165) is 28.4 Å². The molecule has 5 aromatic rings. The van der Waals surface area contributed by atoms with Crippen LogP contribution in [0.3, 0.4) is 0 Å². The number of hydrogen-bond donors (Lipinski definition) is 1. The highest BCUT2D eigenvalue weighted by molar-refractivity contribution is 9.10. The molecule has 194 valence electrons. The van der Waals surface area contributed by atoms with Crippen LogP contribution < -0.4 is 15.0 Å². The third-order valence-electron chi connectivity index (χ3n) is 6.65. The highest BCUT2D eigenvalue weighted by atomic mass is 79.9. The number of furan rings is 1. The van der Waals surface area contributed by atoms with Crippen LogP contribution in [0.2, 0.25) is 0 Å². The summed E-state index contributed by atoms with van der Waals surface area (Å²) >= 11 is 9.13. The number of rotatable bonds is 6. The summed E-state index contributed by atoms with van der Waals surface area (Å²) in [5.41, 5.74) is 3.12. The zero-order valence-corrected chi connectivity index (χ0v) is 23.2. The summed E-state index contributed by atoms with van der Waals surface area (Å²) < 4.78 is 27.8. The maximum Gasteiger partial charge on any atom is 0.174 e. The third-order valence-corrected chi connectivity index (χ3v) is 7.46. The summed E-state index contributed by atoms with van der Waals surface area (Å²) in [7, 11) is 0. The molecule has 1 saturated heterocycles. The minimum absolute atomic E-state index is 0.282. The lowest BCUT2D eigenvalue weighted by atomic mass is 10.0. The van der Waals surface area contributed by atoms with E-state index in [1.54, 1.807) is 24.4 Å². The van der Waals surface area contributed by atoms with E-state index in [2.05, 4.69) is 26.2 Å². The monoisotopic (exact) mass is 599 g/mol. The molecule has 8 heteroatoms. The van der Waals surface area contributed by atoms with Crippen molar-refractivity contribution in [2.24, 2.45) is 0 Å². The number of anilines is 1. The van der Waals surface area contributed by atoms with E-state index < -0.39 is 0 Å². The van der Waals surface area contributed by atoms with Gasteiger partial charge in [-0.2, -0.15) is 0 Å². The van der Waals surface area contributed by atoms with Gasteiger partial charge in [0.15, 0.2) is 5.11 Å². The molecular weight excluding hydrogens is 577 g/mol. The number of benzene rings is 3. The Labute approximate surface area is 239 Å². The molecule has 39 heavy (non-hydrogen) atoms. The van der Waals surface area contributed by atoms with Crippen molar-refractivity contribution in [2.75, 3.05) is 4.90 Å². The Kier molecular flexibility index (Phi) is 6.89. The van der Waals surface area contributed by atoms with Crippen molar-refractivity contribution in [1.29, 1.82) is 0 Å². The molecule has 1 N–H and O–H groups in total. The van der Waals surface area contributed by atoms with Crippen molar-refractivity contribution in [2.45, 2.75) is 19.0 Å². The normalized spacial score (nSPS) is 16.8. The largest absolute Gasteiger partial charge is 0.459 e. The van der Waals surface area contributed by atoms with Gasteiger partial charge in [-0.05, 0) is 97.5 Å². The van der Waals surface area contributed by atoms with Gasteiger partial charge >= 0.3 is 0 Å². The Balaban J connectivity index is 1.36. The van der Waals surface area contributed by atoms with Crippen molar-refractivity contribution in [3.8, 4) is 22.8 Å². The Morgan fingerprint density at radius 2 is 1.77 bits per heavy atom. The van der Waals surface area contributed by atoms with Crippen LogP contribution in [0.5, 0.6) is 11.5 Å². The molecular formula is C31H23BrFN3O2S. The first-order valence-electron chi connectivity index (χ1n) is 12.4. The van der Waals surface area contributed by atoms with Gasteiger partial charge in [0.25, 0.3) is 0 Å². The van der Waals surface area contributed by atoms with Gasteiger partial charge in [0.2, 0.25) is 0 Å². The van der Waals surface area contributed by atoms with Gasteiger partial charge in [-0.15, -0.1) is 0 Å². The molecule has 2 aromatic heterocycles. The third kappa shape index (κ3) is 5.05. The van der Waals surface area contributed by atoms with Crippen molar-refractivity contribution >= 4 is 38.9 Å². The van der Waals surface area contributed by atoms with Gasteiger partial charge in [-0.3, -0.25) is 4.98 Å². The van der Waals surface area contributed by atoms with E-state index in [0.29, 0.717) is 26.7 Å². The number of nitrogens with zero attached hydrogens (tertiary/aromatic N) is 2. The van der Waals surface area contributed by atoms with Gasteiger partial charge in [-0.1, -0.05) is 40.2 Å². The Bertz CT molecular complexity index is 1640. The minimum atomic E-state index is -0.368. The quantitative estimate of drug-likeness (QED) is 0.197. The van der Waals surface area contributed by atoms with E-state index in [-0.39, 0.29) is 17.9 Å². The summed E-state index contributed by atoms with van der Waals surface area (Å²) in [5.74, 6) is 2.23. The lowest BCUT2D eigenvalue weighted by Gasteiger charge is -2.26. The second-order valence-corrected chi connectivity index (χ2v) is 10.5. The molecule has 6 rings (SSSR count). The van der Waals surface area contributed by atoms with Crippen LogP contribution in [0, 0.1) is 12.7 Å². The van der Waals surface area contributed by atoms with Crippen LogP contribution >= 0.6 is 28.1 Å². The number of thiocarbonyl (C=S) groups is 1. The summed E-state index contributed by atoms with van der Waals surface area (Å²) in [6, 6.07) is 29.3. The number of aromatic nitrogens is 1. The lowest BCUT2D eigenvalue weighted by molar-refractivity contribution is 0.438. The highest BCUT2D eigenvalue weighted by Crippen LogP contribution is 2.43. The van der Waals surface area contributed by atoms with Gasteiger partial charge in [-0.25, -0.2) is 4.39 Å². The van der Waals surface area contributed by atoms with Gasteiger partial charge in [0.1, 0.15) is 34.9 Å². The molecule has 0 saturated carbocycles. The number of halogens is 2. The minimum Gasteiger partial charge on any atom is -0.459 e. The van der Waals surface area contributed by atoms with Crippen LogP contribution in [0.25, 0.3) is 11.3 Å². The lowest BCUT2D eigenvalue weighted by Crippen LogP contribution is -2.29. The van der Waals surface area contributed by atoms with Crippen LogP contribution in [0.1, 0.15) is 29.1 Å². The topological polar surface area (TPSA) is 50.5 Å². The second kappa shape index (κ2) is 10.6. The molecule has 1 fully saturated rings. The molecule has 0 bridgehead atoms. The number of ether oxygens (including phenoxy) is 1. The van der Waals surface area contributed by atoms with Crippen LogP contribution in [0.4, 0.5) is 10.1 Å². The Hall–Kier alpha value is -4.01. The zero-order chi connectivity index (χ0) is 26.9. The summed E-state index contributed by atoms with van der Waals surface area (Å²) in [5, 5.41) is 3.96. The summed E-state index contributed by atoms with van der Waals surface area (Å²) in [6.07, 6.45) is 1.75. The number of pyridine rings is 1. The standard InChI is InChI=1S/C31H23BrFN3O2S/c1-19-6-2-3-8-26(19)37-22-12-10-21(11-13-22)36-30(29(35-31(36)39)25-7-4-5-17-34-25)28-16-15-27(38-28)23-14-9-20(32)18-24(23)33/h2-18,29-30H,1H3,(H,35,39). The van der Waals surface area contributed by atoms with Gasteiger partial charge in [0.05, 0.1) is 17.3 Å². The first-order valence-corrected chi connectivity index (χ1v) is 13.6. The number of aryl methyl sites for hydroxylation is 1. The Morgan fingerprint density at radius 3 is 2.51 bits per heavy atom. The molecule has 2 atom stereocenters. The molecule has 0 spiro atoms. The van der Waals surface area contributed by atoms with E-state index in [1.165, 1.54) is 6.07 Å². The smallest absolute Gasteiger partial charge is 0.174 e. The fraction of sp³-hybridized carbons (Fsp3) is 0.0968. The van der Waals surface area contributed by atoms with Crippen LogP contribution in [-0.4, -0.2) is 10.1 Å². The molecule has 3 heterocycles. The van der Waals surface area contributed by atoms with E-state index in [1.807, 2.05) is 84.6 Å². The molecule has 0 amide bonds. The summed E-state index contributed by atoms with van der Waals surface area (Å²) in [6.45, 7) is 2.01. The van der Waals surface area contributed by atoms with Crippen molar-refractivity contribution in [1.82, 2.24) is 10.3 Å². The molecule has 0 radical (unpaired) electrons. The maximum absolute atomic E-state index is 14.7. The molecule has 2 unspecified atom stereocenters. The Morgan fingerprint density at radius 1 is 0.974 bits per heavy atom. The molecule has 3 aromatic carbocycles. The van der Waals surface area contributed by atoms with Gasteiger partial charge in [0, 0.05) is 16.4 Å². The summed E-state index contributed by atoms with van der Waals surface area (Å²) in [4.78, 5) is 6.59. The maximum atomic E-state index is 14.7. The predicted octanol–water partition coefficient (Wildman–Crippen LogP) is 8.52. The second-order valence-electron chi connectivity index (χ2n) is 9.18. The first-order chi connectivity index (χ1) is 19.0. The molecule has 5 nitrogen and oxygen atoms in total. The molecule has 1 aliphatic rings. The SMILES string of the molecule is Cc1ccccc1Oc1ccc(N2C(=S)NC(c3ccccn3)C2c2ccc(-c3ccc(Br)cc3F)o2)cc1. The molecule has 1 aliphatic heterocycles.